The summed E-state index contributed by atoms with van der Waals surface area (Å²) in [6.07, 6.45) is 3.13. The minimum absolute atomic E-state index is 0.193. The zero-order valence-electron chi connectivity index (χ0n) is 11.8. The van der Waals surface area contributed by atoms with E-state index in [1.807, 2.05) is 5.01 Å². The molecule has 1 saturated heterocycles. The van der Waals surface area contributed by atoms with Gasteiger partial charge in [-0.2, -0.15) is 0 Å². The van der Waals surface area contributed by atoms with Crippen molar-refractivity contribution in [1.82, 2.24) is 10.0 Å². The lowest BCUT2D eigenvalue weighted by atomic mass is 9.99. The molecule has 1 fully saturated rings. The summed E-state index contributed by atoms with van der Waals surface area (Å²) < 4.78 is 0. The van der Waals surface area contributed by atoms with Crippen LogP contribution in [0, 0.1) is 0 Å². The van der Waals surface area contributed by atoms with Crippen molar-refractivity contribution in [3.8, 4) is 0 Å². The molecule has 2 unspecified atom stereocenters. The summed E-state index contributed by atoms with van der Waals surface area (Å²) in [5.74, 6) is -0.483. The molecule has 2 atom stereocenters. The van der Waals surface area contributed by atoms with E-state index in [1.165, 1.54) is 5.01 Å². The highest BCUT2D eigenvalue weighted by Gasteiger charge is 2.43. The van der Waals surface area contributed by atoms with Crippen molar-refractivity contribution >= 4 is 17.5 Å². The number of anilines is 1. The second-order valence-corrected chi connectivity index (χ2v) is 5.74. The van der Waals surface area contributed by atoms with Crippen molar-refractivity contribution < 1.29 is 9.59 Å². The predicted molar refractivity (Wildman–Crippen MR) is 76.0 cm³/mol. The second kappa shape index (κ2) is 4.59. The van der Waals surface area contributed by atoms with Gasteiger partial charge in [0.25, 0.3) is 11.8 Å². The van der Waals surface area contributed by atoms with Gasteiger partial charge in [-0.25, -0.2) is 10.0 Å². The molecule has 106 valence electrons. The Kier molecular flexibility index (Phi) is 3.01. The van der Waals surface area contributed by atoms with E-state index in [9.17, 15) is 9.59 Å². The van der Waals surface area contributed by atoms with Crippen molar-refractivity contribution in [3.63, 3.8) is 0 Å². The van der Waals surface area contributed by atoms with Gasteiger partial charge in [-0.3, -0.25) is 9.59 Å². The van der Waals surface area contributed by atoms with Crippen LogP contribution in [0.3, 0.4) is 0 Å². The number of piperidine rings is 1. The highest BCUT2D eigenvalue weighted by Crippen LogP contribution is 2.32. The molecule has 2 amide bonds. The van der Waals surface area contributed by atoms with Gasteiger partial charge in [0.05, 0.1) is 11.1 Å². The topological polar surface area (TPSA) is 66.6 Å². The molecule has 0 radical (unpaired) electrons. The van der Waals surface area contributed by atoms with Crippen LogP contribution in [0.5, 0.6) is 0 Å². The number of hydrogen-bond acceptors (Lipinski definition) is 4. The Labute approximate surface area is 118 Å². The second-order valence-electron chi connectivity index (χ2n) is 5.74. The average Bonchev–Trinajstić information content (AvgIpc) is 2.63. The van der Waals surface area contributed by atoms with Crippen LogP contribution in [0.4, 0.5) is 5.69 Å². The fourth-order valence-electron chi connectivity index (χ4n) is 3.26. The van der Waals surface area contributed by atoms with Crippen LogP contribution in [0.25, 0.3) is 0 Å². The molecule has 2 heterocycles. The molecular weight excluding hydrogens is 254 g/mol. The van der Waals surface area contributed by atoms with Crippen LogP contribution in [-0.4, -0.2) is 33.9 Å². The summed E-state index contributed by atoms with van der Waals surface area (Å²) in [6, 6.07) is 5.28. The molecule has 0 bridgehead atoms. The summed E-state index contributed by atoms with van der Waals surface area (Å²) >= 11 is 0. The number of benzene rings is 1. The van der Waals surface area contributed by atoms with Gasteiger partial charge in [0.1, 0.15) is 0 Å². The van der Waals surface area contributed by atoms with Gasteiger partial charge in [-0.1, -0.05) is 6.42 Å². The Balaban J connectivity index is 2.00. The minimum Gasteiger partial charge on any atom is -0.399 e. The monoisotopic (exact) mass is 273 g/mol. The fourth-order valence-corrected chi connectivity index (χ4v) is 3.26. The molecule has 1 aromatic carbocycles. The Hall–Kier alpha value is -1.88. The van der Waals surface area contributed by atoms with Crippen molar-refractivity contribution in [1.29, 1.82) is 0 Å². The van der Waals surface area contributed by atoms with E-state index in [0.717, 1.165) is 19.3 Å². The van der Waals surface area contributed by atoms with Gasteiger partial charge in [0.15, 0.2) is 0 Å². The van der Waals surface area contributed by atoms with Crippen molar-refractivity contribution in [2.75, 3.05) is 5.73 Å². The van der Waals surface area contributed by atoms with E-state index >= 15 is 0 Å². The van der Waals surface area contributed by atoms with Gasteiger partial charge in [0, 0.05) is 17.8 Å². The van der Waals surface area contributed by atoms with Crippen LogP contribution in [0.1, 0.15) is 53.8 Å². The number of imide groups is 1. The fraction of sp³-hybridized carbons (Fsp3) is 0.467. The van der Waals surface area contributed by atoms with E-state index in [-0.39, 0.29) is 23.9 Å². The number of hydrogen-bond donors (Lipinski definition) is 1. The van der Waals surface area contributed by atoms with E-state index in [0.29, 0.717) is 16.8 Å². The summed E-state index contributed by atoms with van der Waals surface area (Å²) in [5.41, 5.74) is 7.10. The third-order valence-electron chi connectivity index (χ3n) is 4.27. The normalized spacial score (nSPS) is 27.0. The van der Waals surface area contributed by atoms with Gasteiger partial charge >= 0.3 is 0 Å². The van der Waals surface area contributed by atoms with Crippen LogP contribution in [-0.2, 0) is 0 Å². The first-order chi connectivity index (χ1) is 9.50. The van der Waals surface area contributed by atoms with Gasteiger partial charge in [-0.05, 0) is 44.9 Å². The number of carbonyl (C=O) groups is 2. The zero-order valence-corrected chi connectivity index (χ0v) is 11.8. The lowest BCUT2D eigenvalue weighted by Crippen LogP contribution is -2.56. The predicted octanol–water partition coefficient (Wildman–Crippen LogP) is 2.04. The van der Waals surface area contributed by atoms with Crippen LogP contribution < -0.4 is 5.73 Å². The summed E-state index contributed by atoms with van der Waals surface area (Å²) in [4.78, 5) is 25.1. The van der Waals surface area contributed by atoms with E-state index in [4.69, 9.17) is 5.73 Å². The summed E-state index contributed by atoms with van der Waals surface area (Å²) in [7, 11) is 0. The van der Waals surface area contributed by atoms with Gasteiger partial charge in [0.2, 0.25) is 0 Å². The average molecular weight is 273 g/mol. The molecule has 3 rings (SSSR count). The molecular formula is C15H19N3O2. The maximum absolute atomic E-state index is 12.6. The maximum Gasteiger partial charge on any atom is 0.276 e. The number of fused-ring (bicyclic) bond motifs is 1. The molecule has 2 N–H and O–H groups in total. The molecule has 0 aliphatic carbocycles. The van der Waals surface area contributed by atoms with E-state index in [2.05, 4.69) is 13.8 Å². The first kappa shape index (κ1) is 13.1. The van der Waals surface area contributed by atoms with Crippen LogP contribution in [0.15, 0.2) is 18.2 Å². The number of carbonyl (C=O) groups excluding carboxylic acids is 2. The molecule has 0 spiro atoms. The first-order valence-corrected chi connectivity index (χ1v) is 7.07. The molecule has 0 aromatic heterocycles. The van der Waals surface area contributed by atoms with Gasteiger partial charge in [-0.15, -0.1) is 0 Å². The van der Waals surface area contributed by atoms with Crippen molar-refractivity contribution in [2.24, 2.45) is 0 Å². The molecule has 5 nitrogen and oxygen atoms in total. The first-order valence-electron chi connectivity index (χ1n) is 7.07. The standard InChI is InChI=1S/C15H19N3O2/c1-9-4-3-5-10(2)17(9)18-14(19)12-7-6-11(16)8-13(12)15(18)20/h6-10H,3-5,16H2,1-2H3. The van der Waals surface area contributed by atoms with Crippen molar-refractivity contribution in [2.45, 2.75) is 45.2 Å². The Morgan fingerprint density at radius 1 is 1.05 bits per heavy atom. The lowest BCUT2D eigenvalue weighted by Gasteiger charge is -2.42. The molecule has 2 aliphatic rings. The Morgan fingerprint density at radius 3 is 2.30 bits per heavy atom. The van der Waals surface area contributed by atoms with Crippen LogP contribution in [0.2, 0.25) is 0 Å². The van der Waals surface area contributed by atoms with Crippen molar-refractivity contribution in [3.05, 3.63) is 29.3 Å². The summed E-state index contributed by atoms with van der Waals surface area (Å²) in [5, 5.41) is 3.25. The molecule has 20 heavy (non-hydrogen) atoms. The number of nitrogens with two attached hydrogens (primary N) is 1. The number of nitrogens with zero attached hydrogens (tertiary/aromatic N) is 2. The number of hydrazine groups is 1. The smallest absolute Gasteiger partial charge is 0.276 e. The molecule has 5 heteroatoms. The Morgan fingerprint density at radius 2 is 1.65 bits per heavy atom. The molecule has 0 saturated carbocycles. The number of amides is 2. The largest absolute Gasteiger partial charge is 0.399 e. The quantitative estimate of drug-likeness (QED) is 0.628. The molecule has 1 aromatic rings. The zero-order chi connectivity index (χ0) is 14.4. The number of nitrogen functional groups attached to an aromatic ring is 1. The van der Waals surface area contributed by atoms with E-state index in [1.54, 1.807) is 18.2 Å². The number of rotatable bonds is 1. The Bertz CT molecular complexity index is 574. The van der Waals surface area contributed by atoms with Gasteiger partial charge < -0.3 is 5.73 Å². The lowest BCUT2D eigenvalue weighted by molar-refractivity contribution is -0.0567. The highest BCUT2D eigenvalue weighted by molar-refractivity contribution is 6.21. The van der Waals surface area contributed by atoms with Crippen LogP contribution >= 0.6 is 0 Å². The molecule has 2 aliphatic heterocycles. The highest BCUT2D eigenvalue weighted by atomic mass is 16.2. The van der Waals surface area contributed by atoms with E-state index < -0.39 is 0 Å². The third-order valence-corrected chi connectivity index (χ3v) is 4.27. The SMILES string of the molecule is CC1CCCC(C)N1N1C(=O)c2ccc(N)cc2C1=O. The summed E-state index contributed by atoms with van der Waals surface area (Å²) in [6.45, 7) is 4.13. The maximum atomic E-state index is 12.6. The third kappa shape index (κ3) is 1.81. The minimum atomic E-state index is -0.252.